The van der Waals surface area contributed by atoms with Crippen molar-refractivity contribution in [2.24, 2.45) is 0 Å². The van der Waals surface area contributed by atoms with E-state index in [4.69, 9.17) is 9.47 Å². The predicted octanol–water partition coefficient (Wildman–Crippen LogP) is 4.49. The predicted molar refractivity (Wildman–Crippen MR) is 132 cm³/mol. The zero-order valence-electron chi connectivity index (χ0n) is 20.2. The highest BCUT2D eigenvalue weighted by Crippen LogP contribution is 2.40. The van der Waals surface area contributed by atoms with Gasteiger partial charge in [0.1, 0.15) is 12.4 Å². The number of pyridine rings is 1. The standard InChI is InChI=1S/C26H30N4O4S/c1-17-6-8-20(9-7-17)15-35(31,32)30-21-10-11-22(30)14-23(13-21)33-25-18(2)26(29-16-28-25)34-24-5-4-12-27-19(24)3/h4-9,12,16,21-23H,10-11,13-15H2,1-3H3. The highest BCUT2D eigenvalue weighted by atomic mass is 32.2. The van der Waals surface area contributed by atoms with Gasteiger partial charge in [-0.05, 0) is 51.3 Å². The summed E-state index contributed by atoms with van der Waals surface area (Å²) in [6.45, 7) is 5.74. The third-order valence-electron chi connectivity index (χ3n) is 6.85. The van der Waals surface area contributed by atoms with E-state index < -0.39 is 10.0 Å². The Hall–Kier alpha value is -3.04. The molecule has 2 aromatic heterocycles. The van der Waals surface area contributed by atoms with E-state index in [1.165, 1.54) is 6.33 Å². The first kappa shape index (κ1) is 23.7. The molecule has 2 aliphatic rings. The Morgan fingerprint density at radius 2 is 1.63 bits per heavy atom. The number of nitrogens with zero attached hydrogens (tertiary/aromatic N) is 4. The lowest BCUT2D eigenvalue weighted by atomic mass is 10.0. The van der Waals surface area contributed by atoms with E-state index in [0.717, 1.165) is 29.7 Å². The number of hydrogen-bond donors (Lipinski definition) is 0. The van der Waals surface area contributed by atoms with Crippen LogP contribution < -0.4 is 9.47 Å². The van der Waals surface area contributed by atoms with Crippen LogP contribution in [0.1, 0.15) is 48.1 Å². The van der Waals surface area contributed by atoms with Gasteiger partial charge in [0.05, 0.1) is 17.0 Å². The molecule has 0 spiro atoms. The van der Waals surface area contributed by atoms with Crippen LogP contribution in [-0.2, 0) is 15.8 Å². The number of benzene rings is 1. The van der Waals surface area contributed by atoms with E-state index in [0.29, 0.717) is 35.9 Å². The van der Waals surface area contributed by atoms with Gasteiger partial charge in [-0.3, -0.25) is 4.98 Å². The second-order valence-corrected chi connectivity index (χ2v) is 11.3. The van der Waals surface area contributed by atoms with E-state index in [1.54, 1.807) is 10.5 Å². The van der Waals surface area contributed by atoms with Crippen LogP contribution in [0.15, 0.2) is 48.9 Å². The molecule has 0 aliphatic carbocycles. The van der Waals surface area contributed by atoms with Crippen LogP contribution in [0.25, 0.3) is 0 Å². The Kier molecular flexibility index (Phi) is 6.46. The van der Waals surface area contributed by atoms with Crippen LogP contribution >= 0.6 is 0 Å². The number of aryl methyl sites for hydroxylation is 2. The number of fused-ring (bicyclic) bond motifs is 2. The quantitative estimate of drug-likeness (QED) is 0.477. The normalized spacial score (nSPS) is 22.2. The summed E-state index contributed by atoms with van der Waals surface area (Å²) in [6.07, 6.45) is 6.03. The van der Waals surface area contributed by atoms with Crippen LogP contribution in [-0.4, -0.2) is 45.9 Å². The van der Waals surface area contributed by atoms with Crippen molar-refractivity contribution >= 4 is 10.0 Å². The Morgan fingerprint density at radius 1 is 0.943 bits per heavy atom. The molecule has 0 saturated carbocycles. The smallest absolute Gasteiger partial charge is 0.229 e. The van der Waals surface area contributed by atoms with Crippen molar-refractivity contribution in [1.29, 1.82) is 0 Å². The van der Waals surface area contributed by atoms with Crippen molar-refractivity contribution in [2.45, 2.75) is 70.4 Å². The molecule has 2 aliphatic heterocycles. The summed E-state index contributed by atoms with van der Waals surface area (Å²) in [5, 5.41) is 0. The molecule has 2 atom stereocenters. The zero-order valence-corrected chi connectivity index (χ0v) is 21.0. The van der Waals surface area contributed by atoms with Crippen molar-refractivity contribution in [3.63, 3.8) is 0 Å². The van der Waals surface area contributed by atoms with Gasteiger partial charge in [0.25, 0.3) is 0 Å². The third-order valence-corrected chi connectivity index (χ3v) is 8.79. The molecule has 2 saturated heterocycles. The topological polar surface area (TPSA) is 94.5 Å². The van der Waals surface area contributed by atoms with Crippen LogP contribution in [0, 0.1) is 20.8 Å². The molecule has 2 bridgehead atoms. The summed E-state index contributed by atoms with van der Waals surface area (Å²) >= 11 is 0. The summed E-state index contributed by atoms with van der Waals surface area (Å²) in [6, 6.07) is 11.3. The first-order valence-electron chi connectivity index (χ1n) is 11.9. The van der Waals surface area contributed by atoms with Crippen LogP contribution in [0.3, 0.4) is 0 Å². The molecule has 35 heavy (non-hydrogen) atoms. The molecule has 5 rings (SSSR count). The fourth-order valence-electron chi connectivity index (χ4n) is 5.08. The molecule has 0 N–H and O–H groups in total. The number of rotatable bonds is 7. The molecule has 1 aromatic carbocycles. The van der Waals surface area contributed by atoms with E-state index >= 15 is 0 Å². The van der Waals surface area contributed by atoms with E-state index in [2.05, 4.69) is 15.0 Å². The van der Waals surface area contributed by atoms with E-state index in [9.17, 15) is 8.42 Å². The van der Waals surface area contributed by atoms with Gasteiger partial charge in [0.2, 0.25) is 21.8 Å². The van der Waals surface area contributed by atoms with Gasteiger partial charge in [-0.1, -0.05) is 29.8 Å². The number of ether oxygens (including phenoxy) is 2. The second-order valence-electron chi connectivity index (χ2n) is 9.47. The summed E-state index contributed by atoms with van der Waals surface area (Å²) in [5.41, 5.74) is 3.41. The average Bonchev–Trinajstić information content (AvgIpc) is 3.11. The van der Waals surface area contributed by atoms with Crippen molar-refractivity contribution in [3.05, 3.63) is 71.3 Å². The van der Waals surface area contributed by atoms with Gasteiger partial charge < -0.3 is 9.47 Å². The lowest BCUT2D eigenvalue weighted by Gasteiger charge is -2.37. The number of aromatic nitrogens is 3. The first-order chi connectivity index (χ1) is 16.8. The van der Waals surface area contributed by atoms with Crippen molar-refractivity contribution in [1.82, 2.24) is 19.3 Å². The molecule has 0 amide bonds. The van der Waals surface area contributed by atoms with E-state index in [-0.39, 0.29) is 23.9 Å². The Bertz CT molecular complexity index is 1300. The molecule has 8 nitrogen and oxygen atoms in total. The maximum Gasteiger partial charge on any atom is 0.229 e. The van der Waals surface area contributed by atoms with Gasteiger partial charge in [0.15, 0.2) is 5.75 Å². The Balaban J connectivity index is 1.28. The molecule has 2 unspecified atom stereocenters. The molecule has 0 radical (unpaired) electrons. The Morgan fingerprint density at radius 3 is 2.31 bits per heavy atom. The van der Waals surface area contributed by atoms with Gasteiger partial charge in [0, 0.05) is 31.1 Å². The van der Waals surface area contributed by atoms with Gasteiger partial charge in [-0.25, -0.2) is 18.4 Å². The molecule has 2 fully saturated rings. The third kappa shape index (κ3) is 5.01. The van der Waals surface area contributed by atoms with E-state index in [1.807, 2.05) is 57.2 Å². The second kappa shape index (κ2) is 9.54. The van der Waals surface area contributed by atoms with Crippen molar-refractivity contribution in [2.75, 3.05) is 0 Å². The summed E-state index contributed by atoms with van der Waals surface area (Å²) in [4.78, 5) is 12.9. The van der Waals surface area contributed by atoms with Crippen LogP contribution in [0.4, 0.5) is 0 Å². The molecule has 3 aromatic rings. The lowest BCUT2D eigenvalue weighted by Crippen LogP contribution is -2.49. The number of hydrogen-bond acceptors (Lipinski definition) is 7. The van der Waals surface area contributed by atoms with Crippen molar-refractivity contribution in [3.8, 4) is 17.5 Å². The average molecular weight is 495 g/mol. The van der Waals surface area contributed by atoms with Crippen LogP contribution in [0.2, 0.25) is 0 Å². The molecule has 9 heteroatoms. The number of sulfonamides is 1. The maximum absolute atomic E-state index is 13.3. The highest BCUT2D eigenvalue weighted by molar-refractivity contribution is 7.88. The number of piperidine rings is 1. The summed E-state index contributed by atoms with van der Waals surface area (Å²) in [7, 11) is -3.41. The van der Waals surface area contributed by atoms with Crippen molar-refractivity contribution < 1.29 is 17.9 Å². The maximum atomic E-state index is 13.3. The minimum atomic E-state index is -3.41. The fourth-order valence-corrected chi connectivity index (χ4v) is 7.14. The Labute approximate surface area is 206 Å². The van der Waals surface area contributed by atoms with Gasteiger partial charge >= 0.3 is 0 Å². The first-order valence-corrected chi connectivity index (χ1v) is 13.6. The van der Waals surface area contributed by atoms with Crippen LogP contribution in [0.5, 0.6) is 17.5 Å². The van der Waals surface area contributed by atoms with Gasteiger partial charge in [-0.2, -0.15) is 4.31 Å². The minimum Gasteiger partial charge on any atom is -0.474 e. The fraction of sp³-hybridized carbons (Fsp3) is 0.423. The minimum absolute atomic E-state index is 0.0330. The lowest BCUT2D eigenvalue weighted by molar-refractivity contribution is 0.0907. The summed E-state index contributed by atoms with van der Waals surface area (Å²) in [5.74, 6) is 1.56. The molecule has 184 valence electrons. The van der Waals surface area contributed by atoms with Gasteiger partial charge in [-0.15, -0.1) is 0 Å². The monoisotopic (exact) mass is 494 g/mol. The highest BCUT2D eigenvalue weighted by Gasteiger charge is 2.47. The zero-order chi connectivity index (χ0) is 24.6. The summed E-state index contributed by atoms with van der Waals surface area (Å²) < 4.78 is 40.6. The molecule has 4 heterocycles. The molecular formula is C26H30N4O4S. The largest absolute Gasteiger partial charge is 0.474 e. The SMILES string of the molecule is Cc1ccc(CS(=O)(=O)N2C3CCC2CC(Oc2ncnc(Oc4cccnc4C)c2C)C3)cc1. The molecular weight excluding hydrogens is 464 g/mol.